The van der Waals surface area contributed by atoms with Gasteiger partial charge in [-0.05, 0) is 43.7 Å². The fraction of sp³-hybridized carbons (Fsp3) is 0.348. The van der Waals surface area contributed by atoms with E-state index in [1.165, 1.54) is 0 Å². The minimum Gasteiger partial charge on any atom is -0.376 e. The molecule has 0 bridgehead atoms. The summed E-state index contributed by atoms with van der Waals surface area (Å²) >= 11 is 0. The molecule has 0 aliphatic carbocycles. The lowest BCUT2D eigenvalue weighted by molar-refractivity contribution is -0.0390. The first-order valence-corrected chi connectivity index (χ1v) is 10.1. The van der Waals surface area contributed by atoms with Crippen molar-refractivity contribution in [3.63, 3.8) is 0 Å². The Kier molecular flexibility index (Phi) is 4.73. The summed E-state index contributed by atoms with van der Waals surface area (Å²) in [6.45, 7) is 4.70. The van der Waals surface area contributed by atoms with Gasteiger partial charge in [-0.2, -0.15) is 0 Å². The molecule has 2 saturated heterocycles. The third kappa shape index (κ3) is 3.61. The zero-order valence-corrected chi connectivity index (χ0v) is 16.4. The Labute approximate surface area is 169 Å². The molecular formula is C23H24N4O2. The number of amides is 1. The van der Waals surface area contributed by atoms with Gasteiger partial charge < -0.3 is 10.1 Å². The van der Waals surface area contributed by atoms with Crippen LogP contribution in [0.1, 0.15) is 23.7 Å². The minimum atomic E-state index is -0.0251. The highest BCUT2D eigenvalue weighted by Gasteiger charge is 2.36. The van der Waals surface area contributed by atoms with Crippen molar-refractivity contribution >= 4 is 16.8 Å². The standard InChI is InChI=1S/C23H24N4O2/c1-15-12-27-13-18(11-19(27)14-29-15)26-23(28)17-6-4-16(5-7-17)22-20-3-2-9-24-21(20)8-10-25-22/h2-10,15,18-19H,11-14H2,1H3,(H,26,28)/t15-,18-,19-/m0/s1. The van der Waals surface area contributed by atoms with Gasteiger partial charge in [0.05, 0.1) is 23.9 Å². The summed E-state index contributed by atoms with van der Waals surface area (Å²) in [4.78, 5) is 24.1. The van der Waals surface area contributed by atoms with E-state index in [1.54, 1.807) is 12.4 Å². The van der Waals surface area contributed by atoms with Crippen molar-refractivity contribution in [1.29, 1.82) is 0 Å². The number of ether oxygens (including phenoxy) is 1. The molecule has 2 fully saturated rings. The van der Waals surface area contributed by atoms with Gasteiger partial charge in [0.25, 0.3) is 5.91 Å². The number of nitrogens with one attached hydrogen (secondary N) is 1. The molecule has 2 aromatic heterocycles. The van der Waals surface area contributed by atoms with Crippen LogP contribution in [0.5, 0.6) is 0 Å². The van der Waals surface area contributed by atoms with E-state index < -0.39 is 0 Å². The number of carbonyl (C=O) groups excluding carboxylic acids is 1. The number of fused-ring (bicyclic) bond motifs is 2. The molecule has 3 atom stereocenters. The van der Waals surface area contributed by atoms with Gasteiger partial charge in [0.1, 0.15) is 0 Å². The van der Waals surface area contributed by atoms with Gasteiger partial charge in [0.2, 0.25) is 0 Å². The average Bonchev–Trinajstić information content (AvgIpc) is 3.14. The first kappa shape index (κ1) is 18.2. The first-order valence-electron chi connectivity index (χ1n) is 10.1. The Morgan fingerprint density at radius 2 is 1.97 bits per heavy atom. The zero-order chi connectivity index (χ0) is 19.8. The highest BCUT2D eigenvalue weighted by atomic mass is 16.5. The van der Waals surface area contributed by atoms with E-state index in [9.17, 15) is 4.79 Å². The predicted octanol–water partition coefficient (Wildman–Crippen LogP) is 2.89. The molecule has 3 aromatic rings. The summed E-state index contributed by atoms with van der Waals surface area (Å²) in [5.74, 6) is -0.0251. The first-order chi connectivity index (χ1) is 14.2. The van der Waals surface area contributed by atoms with Gasteiger partial charge in [-0.15, -0.1) is 0 Å². The lowest BCUT2D eigenvalue weighted by Crippen LogP contribution is -2.45. The monoisotopic (exact) mass is 388 g/mol. The van der Waals surface area contributed by atoms with Crippen LogP contribution in [0.4, 0.5) is 0 Å². The SMILES string of the molecule is C[C@H]1CN2C[C@@H](NC(=O)c3ccc(-c4nccc5ncccc45)cc3)C[C@H]2CO1. The van der Waals surface area contributed by atoms with E-state index in [1.807, 2.05) is 42.5 Å². The molecule has 6 nitrogen and oxygen atoms in total. The number of rotatable bonds is 3. The van der Waals surface area contributed by atoms with Gasteiger partial charge in [-0.1, -0.05) is 12.1 Å². The molecule has 0 unspecified atom stereocenters. The second kappa shape index (κ2) is 7.54. The van der Waals surface area contributed by atoms with E-state index in [-0.39, 0.29) is 18.1 Å². The summed E-state index contributed by atoms with van der Waals surface area (Å²) in [7, 11) is 0. The molecule has 0 spiro atoms. The lowest BCUT2D eigenvalue weighted by atomic mass is 10.0. The van der Waals surface area contributed by atoms with Crippen molar-refractivity contribution in [1.82, 2.24) is 20.2 Å². The molecule has 29 heavy (non-hydrogen) atoms. The predicted molar refractivity (Wildman–Crippen MR) is 112 cm³/mol. The van der Waals surface area contributed by atoms with Gasteiger partial charge in [0.15, 0.2) is 0 Å². The minimum absolute atomic E-state index is 0.0251. The maximum atomic E-state index is 12.7. The number of hydrogen-bond acceptors (Lipinski definition) is 5. The second-order valence-electron chi connectivity index (χ2n) is 7.96. The van der Waals surface area contributed by atoms with Crippen LogP contribution in [0.15, 0.2) is 54.9 Å². The normalized spacial score (nSPS) is 24.4. The number of nitrogens with zero attached hydrogens (tertiary/aromatic N) is 3. The van der Waals surface area contributed by atoms with Crippen LogP contribution in [0.25, 0.3) is 22.2 Å². The fourth-order valence-corrected chi connectivity index (χ4v) is 4.42. The molecule has 0 saturated carbocycles. The molecule has 5 rings (SSSR count). The zero-order valence-electron chi connectivity index (χ0n) is 16.4. The molecular weight excluding hydrogens is 364 g/mol. The van der Waals surface area contributed by atoms with Crippen LogP contribution in [0.2, 0.25) is 0 Å². The Hall–Kier alpha value is -2.83. The number of hydrogen-bond donors (Lipinski definition) is 1. The molecule has 4 heterocycles. The summed E-state index contributed by atoms with van der Waals surface area (Å²) in [5, 5.41) is 4.20. The van der Waals surface area contributed by atoms with Crippen molar-refractivity contribution in [3.8, 4) is 11.3 Å². The molecule has 1 amide bonds. The maximum absolute atomic E-state index is 12.7. The van der Waals surface area contributed by atoms with Crippen molar-refractivity contribution in [2.24, 2.45) is 0 Å². The van der Waals surface area contributed by atoms with Crippen LogP contribution in [0, 0.1) is 0 Å². The summed E-state index contributed by atoms with van der Waals surface area (Å²) in [6, 6.07) is 14.1. The average molecular weight is 388 g/mol. The number of aromatic nitrogens is 2. The van der Waals surface area contributed by atoms with Crippen molar-refractivity contribution < 1.29 is 9.53 Å². The highest BCUT2D eigenvalue weighted by molar-refractivity contribution is 5.96. The van der Waals surface area contributed by atoms with Gasteiger partial charge >= 0.3 is 0 Å². The van der Waals surface area contributed by atoms with E-state index in [0.717, 1.165) is 48.3 Å². The van der Waals surface area contributed by atoms with Crippen LogP contribution < -0.4 is 5.32 Å². The highest BCUT2D eigenvalue weighted by Crippen LogP contribution is 2.26. The summed E-state index contributed by atoms with van der Waals surface area (Å²) in [5.41, 5.74) is 3.44. The van der Waals surface area contributed by atoms with E-state index in [0.29, 0.717) is 11.6 Å². The summed E-state index contributed by atoms with van der Waals surface area (Å²) in [6.07, 6.45) is 4.77. The lowest BCUT2D eigenvalue weighted by Gasteiger charge is -2.33. The maximum Gasteiger partial charge on any atom is 0.251 e. The van der Waals surface area contributed by atoms with Crippen LogP contribution in [-0.2, 0) is 4.74 Å². The topological polar surface area (TPSA) is 67.4 Å². The largest absolute Gasteiger partial charge is 0.376 e. The Morgan fingerprint density at radius 1 is 1.10 bits per heavy atom. The summed E-state index contributed by atoms with van der Waals surface area (Å²) < 4.78 is 5.75. The third-order valence-electron chi connectivity index (χ3n) is 5.88. The van der Waals surface area contributed by atoms with E-state index in [4.69, 9.17) is 4.74 Å². The number of morpholine rings is 1. The van der Waals surface area contributed by atoms with Gasteiger partial charge in [0, 0.05) is 54.1 Å². The van der Waals surface area contributed by atoms with Gasteiger partial charge in [-0.3, -0.25) is 19.7 Å². The Balaban J connectivity index is 1.30. The molecule has 2 aliphatic heterocycles. The molecule has 1 aromatic carbocycles. The Bertz CT molecular complexity index is 1030. The molecule has 148 valence electrons. The molecule has 2 aliphatic rings. The van der Waals surface area contributed by atoms with Gasteiger partial charge in [-0.25, -0.2) is 0 Å². The second-order valence-corrected chi connectivity index (χ2v) is 7.96. The molecule has 6 heteroatoms. The van der Waals surface area contributed by atoms with E-state index >= 15 is 0 Å². The quantitative estimate of drug-likeness (QED) is 0.747. The number of benzene rings is 1. The number of pyridine rings is 2. The molecule has 0 radical (unpaired) electrons. The van der Waals surface area contributed by atoms with E-state index in [2.05, 4.69) is 27.1 Å². The third-order valence-corrected chi connectivity index (χ3v) is 5.88. The smallest absolute Gasteiger partial charge is 0.251 e. The van der Waals surface area contributed by atoms with Crippen LogP contribution in [0.3, 0.4) is 0 Å². The van der Waals surface area contributed by atoms with Crippen LogP contribution >= 0.6 is 0 Å². The Morgan fingerprint density at radius 3 is 2.83 bits per heavy atom. The molecule has 1 N–H and O–H groups in total. The van der Waals surface area contributed by atoms with Crippen molar-refractivity contribution in [2.45, 2.75) is 31.5 Å². The van der Waals surface area contributed by atoms with Crippen LogP contribution in [-0.4, -0.2) is 58.7 Å². The van der Waals surface area contributed by atoms with Crippen molar-refractivity contribution in [2.75, 3.05) is 19.7 Å². The fourth-order valence-electron chi connectivity index (χ4n) is 4.42. The van der Waals surface area contributed by atoms with Crippen molar-refractivity contribution in [3.05, 3.63) is 60.4 Å². The number of carbonyl (C=O) groups is 1.